The van der Waals surface area contributed by atoms with Gasteiger partial charge in [0.25, 0.3) is 0 Å². The van der Waals surface area contributed by atoms with Gasteiger partial charge in [0, 0.05) is 6.07 Å². The Labute approximate surface area is 117 Å². The molecule has 0 saturated carbocycles. The lowest BCUT2D eigenvalue weighted by Gasteiger charge is -2.27. The van der Waals surface area contributed by atoms with Gasteiger partial charge in [0.05, 0.1) is 6.61 Å². The molecule has 1 aromatic carbocycles. The first-order chi connectivity index (χ1) is 8.50. The smallest absolute Gasteiger partial charge is 0.127 e. The Morgan fingerprint density at radius 3 is 2.11 bits per heavy atom. The maximum atomic E-state index is 13.6. The van der Waals surface area contributed by atoms with Crippen molar-refractivity contribution >= 4 is 0 Å². The Hall–Kier alpha value is -1.05. The van der Waals surface area contributed by atoms with Crippen LogP contribution in [0.25, 0.3) is 0 Å². The van der Waals surface area contributed by atoms with Gasteiger partial charge in [0.2, 0.25) is 0 Å². The summed E-state index contributed by atoms with van der Waals surface area (Å²) in [5.41, 5.74) is 1.08. The van der Waals surface area contributed by atoms with Crippen LogP contribution >= 0.6 is 0 Å². The van der Waals surface area contributed by atoms with Gasteiger partial charge in [-0.2, -0.15) is 0 Å². The zero-order chi connectivity index (χ0) is 14.8. The van der Waals surface area contributed by atoms with Crippen LogP contribution in [0.5, 0.6) is 5.75 Å². The van der Waals surface area contributed by atoms with Gasteiger partial charge < -0.3 is 4.74 Å². The van der Waals surface area contributed by atoms with Gasteiger partial charge in [-0.3, -0.25) is 0 Å². The van der Waals surface area contributed by atoms with E-state index in [1.165, 1.54) is 6.07 Å². The van der Waals surface area contributed by atoms with Gasteiger partial charge in [-0.1, -0.05) is 48.5 Å². The second-order valence-corrected chi connectivity index (χ2v) is 7.50. The summed E-state index contributed by atoms with van der Waals surface area (Å²) >= 11 is 0. The summed E-state index contributed by atoms with van der Waals surface area (Å²) in [6.45, 7) is 15.5. The molecule has 0 N–H and O–H groups in total. The summed E-state index contributed by atoms with van der Waals surface area (Å²) < 4.78 is 19.4. The number of benzene rings is 1. The summed E-state index contributed by atoms with van der Waals surface area (Å²) in [7, 11) is 0. The molecule has 1 aromatic rings. The van der Waals surface area contributed by atoms with Crippen molar-refractivity contribution in [3.05, 3.63) is 29.6 Å². The molecule has 0 aliphatic carbocycles. The molecule has 0 fully saturated rings. The Bertz CT molecular complexity index is 424. The average molecular weight is 266 g/mol. The fraction of sp³-hybridized carbons (Fsp3) is 0.647. The number of rotatable bonds is 3. The van der Waals surface area contributed by atoms with Crippen LogP contribution in [-0.2, 0) is 5.41 Å². The molecule has 1 atom stereocenters. The monoisotopic (exact) mass is 266 g/mol. The van der Waals surface area contributed by atoms with Crippen LogP contribution < -0.4 is 4.74 Å². The molecule has 0 aliphatic heterocycles. The quantitative estimate of drug-likeness (QED) is 0.732. The van der Waals surface area contributed by atoms with Gasteiger partial charge in [0.15, 0.2) is 0 Å². The maximum Gasteiger partial charge on any atom is 0.127 e. The van der Waals surface area contributed by atoms with Crippen LogP contribution in [0, 0.1) is 17.2 Å². The van der Waals surface area contributed by atoms with Crippen LogP contribution in [0.2, 0.25) is 0 Å². The lowest BCUT2D eigenvalue weighted by Crippen LogP contribution is -2.23. The molecule has 108 valence electrons. The molecular weight excluding hydrogens is 239 g/mol. The van der Waals surface area contributed by atoms with E-state index in [9.17, 15) is 4.39 Å². The molecule has 0 radical (unpaired) electrons. The zero-order valence-corrected chi connectivity index (χ0v) is 13.3. The molecule has 1 unspecified atom stereocenters. The average Bonchev–Trinajstić information content (AvgIpc) is 2.22. The lowest BCUT2D eigenvalue weighted by atomic mass is 9.83. The highest BCUT2D eigenvalue weighted by atomic mass is 19.1. The van der Waals surface area contributed by atoms with Gasteiger partial charge in [0.1, 0.15) is 11.6 Å². The van der Waals surface area contributed by atoms with Gasteiger partial charge in [-0.15, -0.1) is 0 Å². The molecule has 19 heavy (non-hydrogen) atoms. The third-order valence-corrected chi connectivity index (χ3v) is 3.72. The van der Waals surface area contributed by atoms with Crippen molar-refractivity contribution < 1.29 is 9.13 Å². The largest absolute Gasteiger partial charge is 0.493 e. The Morgan fingerprint density at radius 2 is 1.63 bits per heavy atom. The second-order valence-electron chi connectivity index (χ2n) is 7.50. The van der Waals surface area contributed by atoms with E-state index in [0.717, 1.165) is 5.56 Å². The number of hydrogen-bond acceptors (Lipinski definition) is 1. The predicted molar refractivity (Wildman–Crippen MR) is 79.2 cm³/mol. The molecular formula is C17H27FO. The van der Waals surface area contributed by atoms with Crippen molar-refractivity contribution in [2.45, 2.75) is 53.9 Å². The molecule has 0 aliphatic rings. The molecule has 0 aromatic heterocycles. The molecule has 1 nitrogen and oxygen atoms in total. The zero-order valence-electron chi connectivity index (χ0n) is 13.3. The Morgan fingerprint density at radius 1 is 1.05 bits per heavy atom. The van der Waals surface area contributed by atoms with Crippen molar-refractivity contribution in [1.82, 2.24) is 0 Å². The first-order valence-corrected chi connectivity index (χ1v) is 6.94. The molecule has 0 bridgehead atoms. The van der Waals surface area contributed by atoms with Crippen LogP contribution in [-0.4, -0.2) is 6.61 Å². The second kappa shape index (κ2) is 5.52. The fourth-order valence-electron chi connectivity index (χ4n) is 1.55. The summed E-state index contributed by atoms with van der Waals surface area (Å²) in [6.07, 6.45) is 0. The van der Waals surface area contributed by atoms with Gasteiger partial charge >= 0.3 is 0 Å². The summed E-state index contributed by atoms with van der Waals surface area (Å²) in [5, 5.41) is 0. The summed E-state index contributed by atoms with van der Waals surface area (Å²) in [4.78, 5) is 0. The van der Waals surface area contributed by atoms with Crippen LogP contribution in [0.15, 0.2) is 18.2 Å². The van der Waals surface area contributed by atoms with Crippen molar-refractivity contribution in [3.63, 3.8) is 0 Å². The number of hydrogen-bond donors (Lipinski definition) is 0. The minimum Gasteiger partial charge on any atom is -0.493 e. The molecule has 1 rings (SSSR count). The molecule has 0 spiro atoms. The predicted octanol–water partition coefficient (Wildman–Crippen LogP) is 5.18. The van der Waals surface area contributed by atoms with E-state index in [1.54, 1.807) is 6.07 Å². The van der Waals surface area contributed by atoms with E-state index < -0.39 is 0 Å². The van der Waals surface area contributed by atoms with Crippen molar-refractivity contribution in [2.75, 3.05) is 6.61 Å². The maximum absolute atomic E-state index is 13.6. The molecule has 0 amide bonds. The van der Waals surface area contributed by atoms with Gasteiger partial charge in [-0.25, -0.2) is 4.39 Å². The SMILES string of the molecule is CC(COc1cc(F)cc(C(C)(C)C)c1)C(C)(C)C. The van der Waals surface area contributed by atoms with E-state index in [2.05, 4.69) is 48.5 Å². The topological polar surface area (TPSA) is 9.23 Å². The van der Waals surface area contributed by atoms with Crippen LogP contribution in [0.1, 0.15) is 54.0 Å². The van der Waals surface area contributed by atoms with E-state index in [0.29, 0.717) is 18.3 Å². The van der Waals surface area contributed by atoms with Crippen LogP contribution in [0.4, 0.5) is 4.39 Å². The first-order valence-electron chi connectivity index (χ1n) is 6.94. The van der Waals surface area contributed by atoms with E-state index >= 15 is 0 Å². The molecule has 0 heterocycles. The Balaban J connectivity index is 2.83. The van der Waals surface area contributed by atoms with E-state index in [-0.39, 0.29) is 16.6 Å². The minimum atomic E-state index is -0.231. The lowest BCUT2D eigenvalue weighted by molar-refractivity contribution is 0.161. The highest BCUT2D eigenvalue weighted by molar-refractivity contribution is 5.33. The third-order valence-electron chi connectivity index (χ3n) is 3.72. The molecule has 2 heteroatoms. The number of ether oxygens (including phenoxy) is 1. The summed E-state index contributed by atoms with van der Waals surface area (Å²) in [5.74, 6) is 0.806. The van der Waals surface area contributed by atoms with E-state index in [4.69, 9.17) is 4.74 Å². The molecule has 0 saturated heterocycles. The normalized spacial score (nSPS) is 14.3. The number of halogens is 1. The van der Waals surface area contributed by atoms with Gasteiger partial charge in [-0.05, 0) is 34.4 Å². The third kappa shape index (κ3) is 4.85. The van der Waals surface area contributed by atoms with E-state index in [1.807, 2.05) is 6.07 Å². The van der Waals surface area contributed by atoms with Crippen molar-refractivity contribution in [1.29, 1.82) is 0 Å². The van der Waals surface area contributed by atoms with Crippen LogP contribution in [0.3, 0.4) is 0 Å². The minimum absolute atomic E-state index is 0.0736. The standard InChI is InChI=1S/C17H27FO/c1-12(16(2,3)4)11-19-15-9-13(17(5,6)7)8-14(18)10-15/h8-10,12H,11H2,1-7H3. The summed E-state index contributed by atoms with van der Waals surface area (Å²) in [6, 6.07) is 4.99. The fourth-order valence-corrected chi connectivity index (χ4v) is 1.55. The highest BCUT2D eigenvalue weighted by Gasteiger charge is 2.21. The van der Waals surface area contributed by atoms with Crippen molar-refractivity contribution in [2.24, 2.45) is 11.3 Å². The Kier molecular flexibility index (Phi) is 4.65. The first kappa shape index (κ1) is 16.0. The highest BCUT2D eigenvalue weighted by Crippen LogP contribution is 2.29. The van der Waals surface area contributed by atoms with Crippen molar-refractivity contribution in [3.8, 4) is 5.75 Å².